The van der Waals surface area contributed by atoms with Crippen LogP contribution >= 0.6 is 11.3 Å². The number of benzene rings is 2. The fourth-order valence-corrected chi connectivity index (χ4v) is 5.27. The number of aromatic nitrogens is 2. The number of sulfonamides is 1. The van der Waals surface area contributed by atoms with Crippen molar-refractivity contribution in [3.63, 3.8) is 0 Å². The molecule has 0 saturated carbocycles. The summed E-state index contributed by atoms with van der Waals surface area (Å²) in [5, 5.41) is 0.798. The number of anilines is 1. The molecule has 0 atom stereocenters. The van der Waals surface area contributed by atoms with Crippen molar-refractivity contribution in [3.05, 3.63) is 66.4 Å². The maximum atomic E-state index is 13.0. The van der Waals surface area contributed by atoms with Gasteiger partial charge in [0.1, 0.15) is 26.0 Å². The lowest BCUT2D eigenvalue weighted by atomic mass is 10.1. The maximum absolute atomic E-state index is 13.0. The van der Waals surface area contributed by atoms with E-state index in [1.54, 1.807) is 30.5 Å². The summed E-state index contributed by atoms with van der Waals surface area (Å²) < 4.78 is 34.2. The minimum absolute atomic E-state index is 0.107. The van der Waals surface area contributed by atoms with E-state index >= 15 is 0 Å². The number of para-hydroxylation sites is 1. The first-order valence-electron chi connectivity index (χ1n) is 9.06. The van der Waals surface area contributed by atoms with Crippen LogP contribution in [-0.2, 0) is 10.0 Å². The largest absolute Gasteiger partial charge is 0.492 e. The number of hydrogen-bond donors (Lipinski definition) is 1. The Morgan fingerprint density at radius 1 is 1.07 bits per heavy atom. The smallest absolute Gasteiger partial charge is 0.265 e. The molecule has 0 saturated heterocycles. The van der Waals surface area contributed by atoms with Gasteiger partial charge >= 0.3 is 0 Å². The van der Waals surface area contributed by atoms with E-state index < -0.39 is 10.0 Å². The molecule has 4 rings (SSSR count). The molecule has 29 heavy (non-hydrogen) atoms. The summed E-state index contributed by atoms with van der Waals surface area (Å²) in [5.41, 5.74) is 2.99. The van der Waals surface area contributed by atoms with Gasteiger partial charge in [0.05, 0.1) is 12.3 Å². The summed E-state index contributed by atoms with van der Waals surface area (Å²) in [5.74, 6) is 0.327. The molecule has 4 aromatic rings. The second-order valence-corrected chi connectivity index (χ2v) is 8.94. The zero-order chi connectivity index (χ0) is 20.4. The normalized spacial score (nSPS) is 11.5. The first-order chi connectivity index (χ1) is 14.0. The molecule has 0 unspecified atom stereocenters. The molecular formula is C21H19N3O3S2. The van der Waals surface area contributed by atoms with E-state index in [4.69, 9.17) is 4.74 Å². The molecule has 0 radical (unpaired) electrons. The van der Waals surface area contributed by atoms with Gasteiger partial charge in [-0.15, -0.1) is 0 Å². The average molecular weight is 426 g/mol. The van der Waals surface area contributed by atoms with E-state index in [1.165, 1.54) is 17.4 Å². The number of nitrogens with zero attached hydrogens (tertiary/aromatic N) is 2. The van der Waals surface area contributed by atoms with E-state index in [9.17, 15) is 8.42 Å². The number of fused-ring (bicyclic) bond motifs is 1. The molecule has 0 aliphatic carbocycles. The molecule has 8 heteroatoms. The zero-order valence-electron chi connectivity index (χ0n) is 15.9. The van der Waals surface area contributed by atoms with Gasteiger partial charge in [0.25, 0.3) is 10.0 Å². The molecule has 1 N–H and O–H groups in total. The van der Waals surface area contributed by atoms with Crippen LogP contribution in [0.5, 0.6) is 5.75 Å². The van der Waals surface area contributed by atoms with E-state index in [2.05, 4.69) is 14.7 Å². The van der Waals surface area contributed by atoms with Crippen molar-refractivity contribution in [3.8, 4) is 16.3 Å². The Morgan fingerprint density at radius 2 is 1.90 bits per heavy atom. The molecule has 0 amide bonds. The van der Waals surface area contributed by atoms with E-state index in [-0.39, 0.29) is 4.90 Å². The first-order valence-corrected chi connectivity index (χ1v) is 11.4. The van der Waals surface area contributed by atoms with Crippen LogP contribution in [0.2, 0.25) is 0 Å². The van der Waals surface area contributed by atoms with Gasteiger partial charge in [0.2, 0.25) is 0 Å². The summed E-state index contributed by atoms with van der Waals surface area (Å²) in [7, 11) is -3.82. The van der Waals surface area contributed by atoms with Crippen LogP contribution in [0.3, 0.4) is 0 Å². The number of rotatable bonds is 6. The second-order valence-electron chi connectivity index (χ2n) is 6.31. The van der Waals surface area contributed by atoms with Crippen LogP contribution in [0.15, 0.2) is 65.7 Å². The first kappa shape index (κ1) is 19.4. The third kappa shape index (κ3) is 3.81. The van der Waals surface area contributed by atoms with Gasteiger partial charge in [-0.3, -0.25) is 4.72 Å². The minimum Gasteiger partial charge on any atom is -0.492 e. The van der Waals surface area contributed by atoms with E-state index in [1.807, 2.05) is 38.1 Å². The lowest BCUT2D eigenvalue weighted by Gasteiger charge is -2.15. The lowest BCUT2D eigenvalue weighted by Crippen LogP contribution is -2.15. The standard InChI is InChI=1S/C21H19N3O3S2/c1-3-27-18-11-4-5-12-19(18)29(25,26)24-16-9-6-8-15(14(16)2)20-23-17-10-7-13-22-21(17)28-20/h4-13,24H,3H2,1-2H3. The predicted octanol–water partition coefficient (Wildman–Crippen LogP) is 4.87. The molecule has 2 aromatic heterocycles. The number of ether oxygens (including phenoxy) is 1. The fraction of sp³-hybridized carbons (Fsp3) is 0.143. The summed E-state index contributed by atoms with van der Waals surface area (Å²) in [6.07, 6.45) is 1.73. The zero-order valence-corrected chi connectivity index (χ0v) is 17.5. The molecule has 0 aliphatic rings. The van der Waals surface area contributed by atoms with Crippen LogP contribution in [0.1, 0.15) is 12.5 Å². The van der Waals surface area contributed by atoms with Crippen LogP contribution in [0, 0.1) is 6.92 Å². The van der Waals surface area contributed by atoms with E-state index in [0.29, 0.717) is 18.0 Å². The van der Waals surface area contributed by atoms with Gasteiger partial charge in [0, 0.05) is 11.8 Å². The monoisotopic (exact) mass is 425 g/mol. The van der Waals surface area contributed by atoms with Crippen molar-refractivity contribution < 1.29 is 13.2 Å². The Bertz CT molecular complexity index is 1250. The molecule has 2 heterocycles. The molecule has 0 aliphatic heterocycles. The Hall–Kier alpha value is -2.97. The summed E-state index contributed by atoms with van der Waals surface area (Å²) >= 11 is 1.48. The topological polar surface area (TPSA) is 81.2 Å². The van der Waals surface area contributed by atoms with Gasteiger partial charge in [0.15, 0.2) is 0 Å². The van der Waals surface area contributed by atoms with Gasteiger partial charge in [-0.1, -0.05) is 35.6 Å². The fourth-order valence-electron chi connectivity index (χ4n) is 3.01. The summed E-state index contributed by atoms with van der Waals surface area (Å²) in [4.78, 5) is 9.93. The Kier molecular flexibility index (Phi) is 5.21. The molecule has 148 valence electrons. The molecule has 6 nitrogen and oxygen atoms in total. The van der Waals surface area contributed by atoms with Crippen molar-refractivity contribution in [1.82, 2.24) is 9.97 Å². The van der Waals surface area contributed by atoms with Gasteiger partial charge in [-0.05, 0) is 49.7 Å². The third-order valence-electron chi connectivity index (χ3n) is 4.41. The van der Waals surface area contributed by atoms with Crippen molar-refractivity contribution in [2.75, 3.05) is 11.3 Å². The van der Waals surface area contributed by atoms with Crippen molar-refractivity contribution in [2.45, 2.75) is 18.7 Å². The Morgan fingerprint density at radius 3 is 2.69 bits per heavy atom. The Balaban J connectivity index is 1.72. The lowest BCUT2D eigenvalue weighted by molar-refractivity contribution is 0.331. The highest BCUT2D eigenvalue weighted by Crippen LogP contribution is 2.35. The molecule has 0 fully saturated rings. The second kappa shape index (κ2) is 7.81. The SMILES string of the molecule is CCOc1ccccc1S(=O)(=O)Nc1cccc(-c2nc3cccnc3s2)c1C. The molecular weight excluding hydrogens is 406 g/mol. The maximum Gasteiger partial charge on any atom is 0.265 e. The third-order valence-corrected chi connectivity index (χ3v) is 6.83. The highest BCUT2D eigenvalue weighted by atomic mass is 32.2. The summed E-state index contributed by atoms with van der Waals surface area (Å²) in [6.45, 7) is 4.07. The number of nitrogens with one attached hydrogen (secondary N) is 1. The number of pyridine rings is 1. The molecule has 2 aromatic carbocycles. The van der Waals surface area contributed by atoms with Gasteiger partial charge < -0.3 is 4.74 Å². The van der Waals surface area contributed by atoms with Crippen LogP contribution < -0.4 is 9.46 Å². The number of thiazole rings is 1. The predicted molar refractivity (Wildman–Crippen MR) is 116 cm³/mol. The average Bonchev–Trinajstić information content (AvgIpc) is 3.14. The molecule has 0 spiro atoms. The van der Waals surface area contributed by atoms with Crippen LogP contribution in [0.25, 0.3) is 20.9 Å². The van der Waals surface area contributed by atoms with Gasteiger partial charge in [-0.25, -0.2) is 18.4 Å². The highest BCUT2D eigenvalue weighted by molar-refractivity contribution is 7.92. The Labute approximate surface area is 173 Å². The molecule has 0 bridgehead atoms. The quantitative estimate of drug-likeness (QED) is 0.477. The minimum atomic E-state index is -3.82. The van der Waals surface area contributed by atoms with Gasteiger partial charge in [-0.2, -0.15) is 0 Å². The van der Waals surface area contributed by atoms with Crippen molar-refractivity contribution in [1.29, 1.82) is 0 Å². The summed E-state index contributed by atoms with van der Waals surface area (Å²) in [6, 6.07) is 15.8. The van der Waals surface area contributed by atoms with E-state index in [0.717, 1.165) is 26.5 Å². The van der Waals surface area contributed by atoms with Crippen LogP contribution in [-0.4, -0.2) is 25.0 Å². The van der Waals surface area contributed by atoms with Crippen molar-refractivity contribution in [2.24, 2.45) is 0 Å². The van der Waals surface area contributed by atoms with Crippen LogP contribution in [0.4, 0.5) is 5.69 Å². The van der Waals surface area contributed by atoms with Crippen molar-refractivity contribution >= 4 is 37.4 Å². The number of hydrogen-bond acceptors (Lipinski definition) is 6. The highest BCUT2D eigenvalue weighted by Gasteiger charge is 2.21.